The van der Waals surface area contributed by atoms with Crippen molar-refractivity contribution in [2.45, 2.75) is 68.5 Å². The molecule has 0 N–H and O–H groups in total. The first kappa shape index (κ1) is 29.6. The van der Waals surface area contributed by atoms with Crippen molar-refractivity contribution >= 4 is 17.7 Å². The number of unbranched alkanes of at least 4 members (excludes halogenated alkanes) is 1. The standard InChI is InChI=1S/C36H35F2N3O3S/c1-2-3-9-23-16-18-39-30(20-23)41(32-26-13-8-15-28(38)35(26)45-22-25-12-7-14-27(37)31(25)32)40-19-17-29(42)34(33(40)36(39)43)44-21-24-10-5-4-6-11-24/h4-8,10-15,17,19,23,30,32H,2-3,9,16,18,20-22H2,1H3. The lowest BCUT2D eigenvalue weighted by atomic mass is 9.86. The smallest absolute Gasteiger partial charge is 0.278 e. The second-order valence-electron chi connectivity index (χ2n) is 12.0. The van der Waals surface area contributed by atoms with Crippen molar-refractivity contribution in [2.24, 2.45) is 5.92 Å². The molecule has 45 heavy (non-hydrogen) atoms. The Bertz CT molecular complexity index is 1800. The Hall–Kier alpha value is -4.11. The van der Waals surface area contributed by atoms with Gasteiger partial charge in [0.15, 0.2) is 11.4 Å². The van der Waals surface area contributed by atoms with E-state index in [1.807, 2.05) is 52.4 Å². The molecule has 0 saturated carbocycles. The van der Waals surface area contributed by atoms with Crippen molar-refractivity contribution in [2.75, 3.05) is 11.6 Å². The third-order valence-electron chi connectivity index (χ3n) is 9.27. The number of nitrogens with zero attached hydrogens (tertiary/aromatic N) is 3. The van der Waals surface area contributed by atoms with E-state index in [2.05, 4.69) is 6.92 Å². The molecule has 1 amide bonds. The largest absolute Gasteiger partial charge is 0.482 e. The average molecular weight is 628 g/mol. The van der Waals surface area contributed by atoms with Crippen LogP contribution in [0, 0.1) is 17.6 Å². The Kier molecular flexibility index (Phi) is 8.12. The molecule has 1 saturated heterocycles. The van der Waals surface area contributed by atoms with Gasteiger partial charge < -0.3 is 9.64 Å². The predicted molar refractivity (Wildman–Crippen MR) is 171 cm³/mol. The summed E-state index contributed by atoms with van der Waals surface area (Å²) < 4.78 is 39.5. The molecule has 4 aromatic rings. The van der Waals surface area contributed by atoms with Crippen LogP contribution in [-0.2, 0) is 12.4 Å². The first-order valence-electron chi connectivity index (χ1n) is 15.7. The highest BCUT2D eigenvalue weighted by Crippen LogP contribution is 2.47. The normalized spacial score (nSPS) is 20.5. The van der Waals surface area contributed by atoms with E-state index in [4.69, 9.17) is 4.74 Å². The number of piperidine rings is 1. The summed E-state index contributed by atoms with van der Waals surface area (Å²) in [4.78, 5) is 30.0. The molecule has 9 heteroatoms. The van der Waals surface area contributed by atoms with Crippen LogP contribution in [0.3, 0.4) is 0 Å². The number of rotatable bonds is 7. The number of pyridine rings is 1. The molecule has 0 bridgehead atoms. The summed E-state index contributed by atoms with van der Waals surface area (Å²) in [6.45, 7) is 2.77. The fourth-order valence-corrected chi connectivity index (χ4v) is 8.19. The lowest BCUT2D eigenvalue weighted by Gasteiger charge is -2.53. The lowest BCUT2D eigenvalue weighted by molar-refractivity contribution is 0.0363. The molecule has 4 heterocycles. The van der Waals surface area contributed by atoms with Gasteiger partial charge in [0.1, 0.15) is 30.4 Å². The number of benzene rings is 3. The SMILES string of the molecule is CCCCC1CCN2C(=O)c3c(OCc4ccccc4)c(=O)ccn3N(C3c4cccc(F)c4SCc4cccc(F)c43)C2C1. The zero-order valence-corrected chi connectivity index (χ0v) is 25.9. The van der Waals surface area contributed by atoms with Gasteiger partial charge >= 0.3 is 0 Å². The van der Waals surface area contributed by atoms with Gasteiger partial charge in [-0.1, -0.05) is 80.8 Å². The van der Waals surface area contributed by atoms with Crippen molar-refractivity contribution < 1.29 is 18.3 Å². The van der Waals surface area contributed by atoms with E-state index in [9.17, 15) is 9.59 Å². The summed E-state index contributed by atoms with van der Waals surface area (Å²) in [5, 5.41) is 2.01. The number of hydrogen-bond donors (Lipinski definition) is 0. The van der Waals surface area contributed by atoms with Crippen LogP contribution in [0.25, 0.3) is 0 Å². The van der Waals surface area contributed by atoms with Gasteiger partial charge in [-0.3, -0.25) is 19.3 Å². The maximum absolute atomic E-state index is 16.1. The van der Waals surface area contributed by atoms with Gasteiger partial charge in [-0.05, 0) is 47.6 Å². The van der Waals surface area contributed by atoms with E-state index < -0.39 is 17.6 Å². The van der Waals surface area contributed by atoms with E-state index in [0.29, 0.717) is 40.7 Å². The first-order chi connectivity index (χ1) is 22.0. The molecular formula is C36H35F2N3O3S. The zero-order valence-electron chi connectivity index (χ0n) is 25.1. The highest BCUT2D eigenvalue weighted by Gasteiger charge is 2.47. The van der Waals surface area contributed by atoms with Gasteiger partial charge in [-0.25, -0.2) is 8.78 Å². The number of hydrogen-bond acceptors (Lipinski definition) is 5. The maximum atomic E-state index is 16.1. The number of thioether (sulfide) groups is 1. The molecule has 6 nitrogen and oxygen atoms in total. The molecule has 3 atom stereocenters. The van der Waals surface area contributed by atoms with E-state index >= 15 is 8.78 Å². The van der Waals surface area contributed by atoms with Crippen LogP contribution in [0.4, 0.5) is 8.78 Å². The van der Waals surface area contributed by atoms with Crippen LogP contribution in [0.1, 0.15) is 77.8 Å². The molecule has 0 aliphatic carbocycles. The molecule has 1 aromatic heterocycles. The fourth-order valence-electron chi connectivity index (χ4n) is 7.09. The Morgan fingerprint density at radius 2 is 1.76 bits per heavy atom. The molecule has 3 aliphatic rings. The van der Waals surface area contributed by atoms with Crippen LogP contribution in [0.15, 0.2) is 88.7 Å². The molecular weight excluding hydrogens is 592 g/mol. The van der Waals surface area contributed by atoms with Crippen LogP contribution >= 0.6 is 11.8 Å². The molecule has 0 spiro atoms. The first-order valence-corrected chi connectivity index (χ1v) is 16.6. The monoisotopic (exact) mass is 627 g/mol. The summed E-state index contributed by atoms with van der Waals surface area (Å²) >= 11 is 1.36. The van der Waals surface area contributed by atoms with Gasteiger partial charge in [-0.2, -0.15) is 0 Å². The molecule has 3 unspecified atom stereocenters. The molecule has 7 rings (SSSR count). The molecule has 0 radical (unpaired) electrons. The fraction of sp³-hybridized carbons (Fsp3) is 0.333. The third kappa shape index (κ3) is 5.31. The average Bonchev–Trinajstić information content (AvgIpc) is 3.22. The van der Waals surface area contributed by atoms with E-state index in [-0.39, 0.29) is 35.6 Å². The number of amides is 1. The zero-order chi connectivity index (χ0) is 31.1. The molecule has 1 fully saturated rings. The minimum atomic E-state index is -0.768. The second-order valence-corrected chi connectivity index (χ2v) is 13.0. The Balaban J connectivity index is 1.45. The number of carbonyl (C=O) groups is 1. The van der Waals surface area contributed by atoms with E-state index in [1.165, 1.54) is 30.0 Å². The van der Waals surface area contributed by atoms with Gasteiger partial charge in [0.2, 0.25) is 5.43 Å². The van der Waals surface area contributed by atoms with Crippen molar-refractivity contribution in [3.8, 4) is 5.75 Å². The van der Waals surface area contributed by atoms with Crippen molar-refractivity contribution in [1.82, 2.24) is 9.58 Å². The van der Waals surface area contributed by atoms with Gasteiger partial charge in [0.25, 0.3) is 5.91 Å². The Labute approximate surface area is 265 Å². The number of ether oxygens (including phenoxy) is 1. The highest BCUT2D eigenvalue weighted by atomic mass is 32.2. The highest BCUT2D eigenvalue weighted by molar-refractivity contribution is 7.98. The molecule has 232 valence electrons. The van der Waals surface area contributed by atoms with Crippen LogP contribution in [-0.4, -0.2) is 28.2 Å². The molecule has 3 aromatic carbocycles. The number of carbonyl (C=O) groups excluding carboxylic acids is 1. The number of aromatic nitrogens is 1. The quantitative estimate of drug-likeness (QED) is 0.214. The van der Waals surface area contributed by atoms with Gasteiger partial charge in [0.05, 0.1) is 0 Å². The topological polar surface area (TPSA) is 54.8 Å². The van der Waals surface area contributed by atoms with Gasteiger partial charge in [0, 0.05) is 35.0 Å². The minimum Gasteiger partial charge on any atom is -0.482 e. The number of fused-ring (bicyclic) bond motifs is 4. The van der Waals surface area contributed by atoms with Crippen molar-refractivity contribution in [3.63, 3.8) is 0 Å². The predicted octanol–water partition coefficient (Wildman–Crippen LogP) is 7.42. The second kappa shape index (κ2) is 12.4. The van der Waals surface area contributed by atoms with Crippen LogP contribution in [0.5, 0.6) is 5.75 Å². The van der Waals surface area contributed by atoms with Crippen molar-refractivity contribution in [1.29, 1.82) is 0 Å². The minimum absolute atomic E-state index is 0.0425. The maximum Gasteiger partial charge on any atom is 0.278 e. The van der Waals surface area contributed by atoms with Crippen molar-refractivity contribution in [3.05, 3.63) is 129 Å². The summed E-state index contributed by atoms with van der Waals surface area (Å²) in [7, 11) is 0. The summed E-state index contributed by atoms with van der Waals surface area (Å²) in [5.41, 5.74) is 2.41. The third-order valence-corrected chi connectivity index (χ3v) is 10.4. The summed E-state index contributed by atoms with van der Waals surface area (Å²) in [6, 6.07) is 20.1. The van der Waals surface area contributed by atoms with Crippen LogP contribution < -0.4 is 15.2 Å². The molecule has 3 aliphatic heterocycles. The number of halogens is 2. The Morgan fingerprint density at radius 3 is 2.58 bits per heavy atom. The van der Waals surface area contributed by atoms with E-state index in [1.54, 1.807) is 23.0 Å². The summed E-state index contributed by atoms with van der Waals surface area (Å²) in [5.74, 6) is -0.317. The van der Waals surface area contributed by atoms with Gasteiger partial charge in [-0.15, -0.1) is 11.8 Å². The van der Waals surface area contributed by atoms with E-state index in [0.717, 1.165) is 36.8 Å². The lowest BCUT2D eigenvalue weighted by Crippen LogP contribution is -2.64. The summed E-state index contributed by atoms with van der Waals surface area (Å²) in [6.07, 6.45) is 5.85. The van der Waals surface area contributed by atoms with Crippen LogP contribution in [0.2, 0.25) is 0 Å². The Morgan fingerprint density at radius 1 is 0.956 bits per heavy atom.